The molecule has 3 rings (SSSR count). The molecule has 0 amide bonds. The predicted octanol–water partition coefficient (Wildman–Crippen LogP) is 2.52. The summed E-state index contributed by atoms with van der Waals surface area (Å²) in [6, 6.07) is 2.34. The van der Waals surface area contributed by atoms with Gasteiger partial charge in [0.05, 0.1) is 11.5 Å². The van der Waals surface area contributed by atoms with Gasteiger partial charge in [0.1, 0.15) is 0 Å². The van der Waals surface area contributed by atoms with E-state index in [9.17, 15) is 8.42 Å². The lowest BCUT2D eigenvalue weighted by atomic mass is 9.74. The standard InChI is InChI=1S/C16H26N2O2S/c1-11-7-13-14(17)8-16(2,3)9-15(13)18(11)12-5-4-6-21(19,20)10-12/h7,12,14H,4-6,8-10,17H2,1-3H3. The van der Waals surface area contributed by atoms with E-state index >= 15 is 0 Å². The fraction of sp³-hybridized carbons (Fsp3) is 0.750. The summed E-state index contributed by atoms with van der Waals surface area (Å²) in [7, 11) is -2.90. The molecule has 1 saturated heterocycles. The fourth-order valence-corrected chi connectivity index (χ4v) is 5.85. The van der Waals surface area contributed by atoms with Gasteiger partial charge in [0.25, 0.3) is 0 Å². The monoisotopic (exact) mass is 310 g/mol. The number of aromatic nitrogens is 1. The highest BCUT2D eigenvalue weighted by Crippen LogP contribution is 2.42. The van der Waals surface area contributed by atoms with Crippen molar-refractivity contribution in [1.29, 1.82) is 0 Å². The Labute approximate surface area is 127 Å². The third-order valence-corrected chi connectivity index (χ3v) is 6.79. The second-order valence-corrected chi connectivity index (χ2v) is 9.85. The van der Waals surface area contributed by atoms with E-state index < -0.39 is 9.84 Å². The predicted molar refractivity (Wildman–Crippen MR) is 85.1 cm³/mol. The van der Waals surface area contributed by atoms with Crippen LogP contribution in [-0.4, -0.2) is 24.5 Å². The van der Waals surface area contributed by atoms with Gasteiger partial charge in [0.2, 0.25) is 0 Å². The van der Waals surface area contributed by atoms with Crippen LogP contribution in [0.2, 0.25) is 0 Å². The second kappa shape index (κ2) is 4.85. The van der Waals surface area contributed by atoms with Crippen LogP contribution in [0.3, 0.4) is 0 Å². The molecular formula is C16H26N2O2S. The Morgan fingerprint density at radius 3 is 2.76 bits per heavy atom. The molecule has 2 N–H and O–H groups in total. The molecule has 118 valence electrons. The minimum Gasteiger partial charge on any atom is -0.345 e. The lowest BCUT2D eigenvalue weighted by molar-refractivity contribution is 0.271. The third-order valence-electron chi connectivity index (χ3n) is 4.99. The van der Waals surface area contributed by atoms with Crippen molar-refractivity contribution in [2.75, 3.05) is 11.5 Å². The van der Waals surface area contributed by atoms with Crippen LogP contribution in [0.15, 0.2) is 6.07 Å². The van der Waals surface area contributed by atoms with Gasteiger partial charge in [-0.15, -0.1) is 0 Å². The minimum atomic E-state index is -2.90. The van der Waals surface area contributed by atoms with Crippen LogP contribution in [-0.2, 0) is 16.3 Å². The number of aryl methyl sites for hydroxylation is 1. The topological polar surface area (TPSA) is 65.1 Å². The van der Waals surface area contributed by atoms with E-state index in [0.717, 1.165) is 31.4 Å². The van der Waals surface area contributed by atoms with E-state index in [-0.39, 0.29) is 23.3 Å². The van der Waals surface area contributed by atoms with Crippen LogP contribution in [0.5, 0.6) is 0 Å². The largest absolute Gasteiger partial charge is 0.345 e. The summed E-state index contributed by atoms with van der Waals surface area (Å²) >= 11 is 0. The highest BCUT2D eigenvalue weighted by Gasteiger charge is 2.36. The van der Waals surface area contributed by atoms with Gasteiger partial charge in [-0.25, -0.2) is 8.42 Å². The molecule has 1 aromatic rings. The normalized spacial score (nSPS) is 30.9. The quantitative estimate of drug-likeness (QED) is 0.867. The maximum atomic E-state index is 12.0. The third kappa shape index (κ3) is 2.78. The van der Waals surface area contributed by atoms with Gasteiger partial charge in [0, 0.05) is 23.5 Å². The number of nitrogens with zero attached hydrogens (tertiary/aromatic N) is 1. The molecule has 0 radical (unpaired) electrons. The maximum absolute atomic E-state index is 12.0. The highest BCUT2D eigenvalue weighted by atomic mass is 32.2. The molecule has 1 aliphatic heterocycles. The van der Waals surface area contributed by atoms with E-state index in [1.165, 1.54) is 11.3 Å². The van der Waals surface area contributed by atoms with E-state index in [1.807, 2.05) is 0 Å². The fourth-order valence-electron chi connectivity index (χ4n) is 4.18. The first-order valence-corrected chi connectivity index (χ1v) is 9.67. The molecule has 0 aromatic carbocycles. The Bertz CT molecular complexity index is 658. The van der Waals surface area contributed by atoms with Crippen LogP contribution in [0.4, 0.5) is 0 Å². The molecule has 2 atom stereocenters. The summed E-state index contributed by atoms with van der Waals surface area (Å²) < 4.78 is 26.3. The summed E-state index contributed by atoms with van der Waals surface area (Å²) in [5.74, 6) is 0.627. The summed E-state index contributed by atoms with van der Waals surface area (Å²) in [6.45, 7) is 6.58. The van der Waals surface area contributed by atoms with Crippen molar-refractivity contribution in [3.8, 4) is 0 Å². The zero-order chi connectivity index (χ0) is 15.4. The summed E-state index contributed by atoms with van der Waals surface area (Å²) in [6.07, 6.45) is 3.71. The Hall–Kier alpha value is -0.810. The van der Waals surface area contributed by atoms with Gasteiger partial charge in [-0.3, -0.25) is 0 Å². The minimum absolute atomic E-state index is 0.0731. The molecule has 2 aliphatic rings. The zero-order valence-corrected chi connectivity index (χ0v) is 14.0. The molecule has 1 aliphatic carbocycles. The van der Waals surface area contributed by atoms with Crippen molar-refractivity contribution in [3.63, 3.8) is 0 Å². The molecule has 5 heteroatoms. The van der Waals surface area contributed by atoms with Gasteiger partial charge in [0.15, 0.2) is 9.84 Å². The van der Waals surface area contributed by atoms with Crippen molar-refractivity contribution in [2.24, 2.45) is 11.1 Å². The van der Waals surface area contributed by atoms with Gasteiger partial charge < -0.3 is 10.3 Å². The number of hydrogen-bond acceptors (Lipinski definition) is 3. The summed E-state index contributed by atoms with van der Waals surface area (Å²) in [5, 5.41) is 0. The summed E-state index contributed by atoms with van der Waals surface area (Å²) in [4.78, 5) is 0. The average Bonchev–Trinajstić information content (AvgIpc) is 2.63. The molecule has 0 saturated carbocycles. The lowest BCUT2D eigenvalue weighted by Crippen LogP contribution is -2.33. The van der Waals surface area contributed by atoms with E-state index in [4.69, 9.17) is 5.73 Å². The van der Waals surface area contributed by atoms with E-state index in [0.29, 0.717) is 5.75 Å². The maximum Gasteiger partial charge on any atom is 0.152 e. The molecule has 2 unspecified atom stereocenters. The lowest BCUT2D eigenvalue weighted by Gasteiger charge is -2.36. The molecule has 1 aromatic heterocycles. The first kappa shape index (κ1) is 15.1. The first-order valence-electron chi connectivity index (χ1n) is 7.85. The summed E-state index contributed by atoms with van der Waals surface area (Å²) in [5.41, 5.74) is 10.2. The SMILES string of the molecule is Cc1cc2c(n1C1CCCS(=O)(=O)C1)CC(C)(C)CC2N. The molecule has 1 fully saturated rings. The molecule has 0 bridgehead atoms. The molecule has 0 spiro atoms. The zero-order valence-electron chi connectivity index (χ0n) is 13.2. The number of rotatable bonds is 1. The Kier molecular flexibility index (Phi) is 3.49. The van der Waals surface area contributed by atoms with Gasteiger partial charge in [-0.1, -0.05) is 13.8 Å². The highest BCUT2D eigenvalue weighted by molar-refractivity contribution is 7.91. The van der Waals surface area contributed by atoms with Gasteiger partial charge in [-0.05, 0) is 49.7 Å². The number of hydrogen-bond donors (Lipinski definition) is 1. The second-order valence-electron chi connectivity index (χ2n) is 7.62. The van der Waals surface area contributed by atoms with Gasteiger partial charge >= 0.3 is 0 Å². The molecular weight excluding hydrogens is 284 g/mol. The van der Waals surface area contributed by atoms with Crippen LogP contribution >= 0.6 is 0 Å². The van der Waals surface area contributed by atoms with Gasteiger partial charge in [-0.2, -0.15) is 0 Å². The number of fused-ring (bicyclic) bond motifs is 1. The van der Waals surface area contributed by atoms with Crippen LogP contribution in [0.25, 0.3) is 0 Å². The van der Waals surface area contributed by atoms with E-state index in [1.54, 1.807) is 0 Å². The van der Waals surface area contributed by atoms with Crippen molar-refractivity contribution in [2.45, 2.75) is 58.5 Å². The number of nitrogens with two attached hydrogens (primary N) is 1. The smallest absolute Gasteiger partial charge is 0.152 e. The first-order chi connectivity index (χ1) is 9.69. The van der Waals surface area contributed by atoms with Crippen molar-refractivity contribution >= 4 is 9.84 Å². The van der Waals surface area contributed by atoms with Crippen LogP contribution < -0.4 is 5.73 Å². The Morgan fingerprint density at radius 1 is 1.38 bits per heavy atom. The Morgan fingerprint density at radius 2 is 2.10 bits per heavy atom. The van der Waals surface area contributed by atoms with Crippen LogP contribution in [0, 0.1) is 12.3 Å². The molecule has 2 heterocycles. The molecule has 4 nitrogen and oxygen atoms in total. The number of sulfone groups is 1. The Balaban J connectivity index is 2.04. The van der Waals surface area contributed by atoms with Crippen molar-refractivity contribution in [1.82, 2.24) is 4.57 Å². The van der Waals surface area contributed by atoms with E-state index in [2.05, 4.69) is 31.4 Å². The average molecular weight is 310 g/mol. The van der Waals surface area contributed by atoms with Crippen molar-refractivity contribution < 1.29 is 8.42 Å². The molecule has 21 heavy (non-hydrogen) atoms. The van der Waals surface area contributed by atoms with Crippen LogP contribution in [0.1, 0.15) is 62.1 Å². The van der Waals surface area contributed by atoms with Crippen molar-refractivity contribution in [3.05, 3.63) is 23.0 Å².